The van der Waals surface area contributed by atoms with Crippen LogP contribution >= 0.6 is 22.6 Å². The Labute approximate surface area is 129 Å². The predicted molar refractivity (Wildman–Crippen MR) is 79.9 cm³/mol. The Morgan fingerprint density at radius 3 is 2.85 bits per heavy atom. The molecule has 0 N–H and O–H groups in total. The van der Waals surface area contributed by atoms with E-state index in [0.29, 0.717) is 27.1 Å². The molecule has 106 valence electrons. The highest BCUT2D eigenvalue weighted by Gasteiger charge is 2.22. The van der Waals surface area contributed by atoms with Gasteiger partial charge in [-0.05, 0) is 47.2 Å². The number of rotatable bonds is 4. The lowest BCUT2D eigenvalue weighted by atomic mass is 10.2. The SMILES string of the molecule is CCCc1nc(-c2ccc(F)cc2I)oc1C(=O)OC. The van der Waals surface area contributed by atoms with Crippen molar-refractivity contribution in [3.05, 3.63) is 39.0 Å². The molecule has 0 saturated heterocycles. The molecule has 2 rings (SSSR count). The second kappa shape index (κ2) is 6.34. The van der Waals surface area contributed by atoms with Crippen molar-refractivity contribution in [2.24, 2.45) is 0 Å². The van der Waals surface area contributed by atoms with Crippen LogP contribution in [0, 0.1) is 9.39 Å². The van der Waals surface area contributed by atoms with Crippen molar-refractivity contribution in [3.63, 3.8) is 0 Å². The van der Waals surface area contributed by atoms with Crippen LogP contribution in [0.15, 0.2) is 22.6 Å². The number of hydrogen-bond donors (Lipinski definition) is 0. The molecule has 0 saturated carbocycles. The number of benzene rings is 1. The Hall–Kier alpha value is -1.44. The van der Waals surface area contributed by atoms with Crippen molar-refractivity contribution < 1.29 is 18.3 Å². The van der Waals surface area contributed by atoms with E-state index in [1.54, 1.807) is 6.07 Å². The predicted octanol–water partition coefficient (Wildman–Crippen LogP) is 3.82. The fourth-order valence-electron chi connectivity index (χ4n) is 1.79. The Kier molecular flexibility index (Phi) is 4.74. The summed E-state index contributed by atoms with van der Waals surface area (Å²) in [7, 11) is 1.29. The van der Waals surface area contributed by atoms with Crippen LogP contribution in [0.5, 0.6) is 0 Å². The number of hydrogen-bond acceptors (Lipinski definition) is 4. The second-order valence-corrected chi connectivity index (χ2v) is 5.32. The summed E-state index contributed by atoms with van der Waals surface area (Å²) in [6.45, 7) is 1.98. The third-order valence-electron chi connectivity index (χ3n) is 2.72. The Bertz CT molecular complexity index is 639. The van der Waals surface area contributed by atoms with Crippen molar-refractivity contribution in [1.29, 1.82) is 0 Å². The molecule has 4 nitrogen and oxygen atoms in total. The van der Waals surface area contributed by atoms with Gasteiger partial charge in [-0.1, -0.05) is 13.3 Å². The standard InChI is InChI=1S/C14H13FINO3/c1-3-4-11-12(14(18)19-2)20-13(17-11)9-6-5-8(15)7-10(9)16/h5-7H,3-4H2,1-2H3. The van der Waals surface area contributed by atoms with E-state index in [4.69, 9.17) is 4.42 Å². The molecule has 0 radical (unpaired) electrons. The van der Waals surface area contributed by atoms with Crippen LogP contribution in [0.3, 0.4) is 0 Å². The molecule has 0 spiro atoms. The van der Waals surface area contributed by atoms with Crippen molar-refractivity contribution in [1.82, 2.24) is 4.98 Å². The summed E-state index contributed by atoms with van der Waals surface area (Å²) in [4.78, 5) is 16.0. The first-order valence-corrected chi connectivity index (χ1v) is 7.18. The summed E-state index contributed by atoms with van der Waals surface area (Å²) in [5, 5.41) is 0. The zero-order valence-electron chi connectivity index (χ0n) is 11.1. The highest BCUT2D eigenvalue weighted by molar-refractivity contribution is 14.1. The summed E-state index contributed by atoms with van der Waals surface area (Å²) < 4.78 is 24.0. The van der Waals surface area contributed by atoms with E-state index in [9.17, 15) is 9.18 Å². The quantitative estimate of drug-likeness (QED) is 0.589. The van der Waals surface area contributed by atoms with Crippen molar-refractivity contribution >= 4 is 28.6 Å². The minimum atomic E-state index is -0.552. The Morgan fingerprint density at radius 1 is 1.50 bits per heavy atom. The van der Waals surface area contributed by atoms with Gasteiger partial charge in [0.05, 0.1) is 18.4 Å². The van der Waals surface area contributed by atoms with Crippen LogP contribution in [0.1, 0.15) is 29.6 Å². The van der Waals surface area contributed by atoms with E-state index in [0.717, 1.165) is 6.42 Å². The number of carbonyl (C=O) groups excluding carboxylic acids is 1. The van der Waals surface area contributed by atoms with E-state index in [2.05, 4.69) is 9.72 Å². The van der Waals surface area contributed by atoms with Gasteiger partial charge in [-0.3, -0.25) is 0 Å². The lowest BCUT2D eigenvalue weighted by molar-refractivity contribution is 0.0564. The smallest absolute Gasteiger partial charge is 0.376 e. The van der Waals surface area contributed by atoms with Crippen molar-refractivity contribution in [2.75, 3.05) is 7.11 Å². The fraction of sp³-hybridized carbons (Fsp3) is 0.286. The van der Waals surface area contributed by atoms with Gasteiger partial charge >= 0.3 is 5.97 Å². The molecular formula is C14H13FINO3. The third kappa shape index (κ3) is 3.00. The normalized spacial score (nSPS) is 10.6. The maximum atomic E-state index is 13.1. The molecule has 20 heavy (non-hydrogen) atoms. The van der Waals surface area contributed by atoms with Crippen LogP contribution in [0.2, 0.25) is 0 Å². The Morgan fingerprint density at radius 2 is 2.25 bits per heavy atom. The first-order valence-electron chi connectivity index (χ1n) is 6.10. The lowest BCUT2D eigenvalue weighted by Crippen LogP contribution is -2.03. The minimum Gasteiger partial charge on any atom is -0.463 e. The van der Waals surface area contributed by atoms with E-state index in [1.807, 2.05) is 29.5 Å². The summed E-state index contributed by atoms with van der Waals surface area (Å²) in [5.74, 6) is -0.460. The summed E-state index contributed by atoms with van der Waals surface area (Å²) in [6.07, 6.45) is 1.45. The third-order valence-corrected chi connectivity index (χ3v) is 3.61. The zero-order chi connectivity index (χ0) is 14.7. The van der Waals surface area contributed by atoms with Crippen LogP contribution in [0.25, 0.3) is 11.5 Å². The average Bonchev–Trinajstić information content (AvgIpc) is 2.82. The lowest BCUT2D eigenvalue weighted by Gasteiger charge is -1.99. The molecule has 6 heteroatoms. The second-order valence-electron chi connectivity index (χ2n) is 4.16. The van der Waals surface area contributed by atoms with Crippen LogP contribution in [0.4, 0.5) is 4.39 Å². The van der Waals surface area contributed by atoms with Gasteiger partial charge in [-0.2, -0.15) is 0 Å². The first kappa shape index (κ1) is 15.0. The highest BCUT2D eigenvalue weighted by Crippen LogP contribution is 2.28. The van der Waals surface area contributed by atoms with Gasteiger partial charge in [0, 0.05) is 3.57 Å². The number of methoxy groups -OCH3 is 1. The van der Waals surface area contributed by atoms with E-state index in [-0.39, 0.29) is 11.6 Å². The molecule has 0 unspecified atom stereocenters. The van der Waals surface area contributed by atoms with Gasteiger partial charge in [0.2, 0.25) is 11.7 Å². The van der Waals surface area contributed by atoms with Crippen LogP contribution in [-0.2, 0) is 11.2 Å². The average molecular weight is 389 g/mol. The van der Waals surface area contributed by atoms with Gasteiger partial charge < -0.3 is 9.15 Å². The van der Waals surface area contributed by atoms with E-state index in [1.165, 1.54) is 19.2 Å². The zero-order valence-corrected chi connectivity index (χ0v) is 13.2. The van der Waals surface area contributed by atoms with Gasteiger partial charge in [0.25, 0.3) is 0 Å². The molecule has 0 amide bonds. The molecule has 0 aliphatic rings. The monoisotopic (exact) mass is 389 g/mol. The molecule has 2 aromatic rings. The molecule has 0 aliphatic carbocycles. The van der Waals surface area contributed by atoms with E-state index < -0.39 is 5.97 Å². The Balaban J connectivity index is 2.49. The first-order chi connectivity index (χ1) is 9.56. The fourth-order valence-corrected chi connectivity index (χ4v) is 2.50. The number of esters is 1. The van der Waals surface area contributed by atoms with Gasteiger partial charge in [-0.25, -0.2) is 14.2 Å². The van der Waals surface area contributed by atoms with Crippen LogP contribution in [-0.4, -0.2) is 18.1 Å². The van der Waals surface area contributed by atoms with Crippen molar-refractivity contribution in [3.8, 4) is 11.5 Å². The molecule has 0 fully saturated rings. The van der Waals surface area contributed by atoms with Crippen LogP contribution < -0.4 is 0 Å². The largest absolute Gasteiger partial charge is 0.463 e. The number of oxazole rings is 1. The molecular weight excluding hydrogens is 376 g/mol. The summed E-state index contributed by atoms with van der Waals surface area (Å²) in [6, 6.07) is 4.30. The van der Waals surface area contributed by atoms with Gasteiger partial charge in [0.15, 0.2) is 0 Å². The number of carbonyl (C=O) groups is 1. The maximum Gasteiger partial charge on any atom is 0.376 e. The molecule has 1 aromatic carbocycles. The highest BCUT2D eigenvalue weighted by atomic mass is 127. The molecule has 0 bridgehead atoms. The number of aryl methyl sites for hydroxylation is 1. The maximum absolute atomic E-state index is 13.1. The minimum absolute atomic E-state index is 0.115. The number of halogens is 2. The number of nitrogens with zero attached hydrogens (tertiary/aromatic N) is 1. The van der Waals surface area contributed by atoms with Crippen molar-refractivity contribution in [2.45, 2.75) is 19.8 Å². The molecule has 1 aromatic heterocycles. The number of ether oxygens (including phenoxy) is 1. The molecule has 0 atom stereocenters. The number of aromatic nitrogens is 1. The summed E-state index contributed by atoms with van der Waals surface area (Å²) >= 11 is 2.00. The van der Waals surface area contributed by atoms with Gasteiger partial charge in [-0.15, -0.1) is 0 Å². The summed E-state index contributed by atoms with van der Waals surface area (Å²) in [5.41, 5.74) is 1.22. The van der Waals surface area contributed by atoms with E-state index >= 15 is 0 Å². The molecule has 0 aliphatic heterocycles. The van der Waals surface area contributed by atoms with Gasteiger partial charge in [0.1, 0.15) is 5.82 Å². The molecule has 1 heterocycles. The topological polar surface area (TPSA) is 52.3 Å².